The number of amides is 2. The van der Waals surface area contributed by atoms with Gasteiger partial charge in [0.15, 0.2) is 0 Å². The number of carboxylic acid groups (broad SMARTS) is 1. The summed E-state index contributed by atoms with van der Waals surface area (Å²) in [4.78, 5) is 24.7. The molecule has 2 fully saturated rings. The number of hydrogen-bond acceptors (Lipinski definition) is 3. The van der Waals surface area contributed by atoms with Gasteiger partial charge in [0.1, 0.15) is 0 Å². The summed E-state index contributed by atoms with van der Waals surface area (Å²) in [6.45, 7) is 2.99. The minimum absolute atomic E-state index is 0.121. The van der Waals surface area contributed by atoms with E-state index in [4.69, 9.17) is 5.11 Å². The molecule has 1 saturated heterocycles. The highest BCUT2D eigenvalue weighted by Gasteiger charge is 2.34. The van der Waals surface area contributed by atoms with Crippen molar-refractivity contribution in [2.75, 3.05) is 26.2 Å². The molecule has 2 atom stereocenters. The summed E-state index contributed by atoms with van der Waals surface area (Å²) in [5.41, 5.74) is 0. The van der Waals surface area contributed by atoms with E-state index in [1.165, 1.54) is 0 Å². The Balaban J connectivity index is 1.86. The number of piperazine rings is 1. The summed E-state index contributed by atoms with van der Waals surface area (Å²) in [6.07, 6.45) is 2.32. The molecule has 0 bridgehead atoms. The first-order chi connectivity index (χ1) is 8.18. The van der Waals surface area contributed by atoms with Crippen LogP contribution in [-0.4, -0.2) is 54.2 Å². The van der Waals surface area contributed by atoms with E-state index >= 15 is 0 Å². The van der Waals surface area contributed by atoms with E-state index in [2.05, 4.69) is 10.6 Å². The maximum absolute atomic E-state index is 11.9. The van der Waals surface area contributed by atoms with Crippen molar-refractivity contribution in [3.8, 4) is 0 Å². The van der Waals surface area contributed by atoms with E-state index in [-0.39, 0.29) is 12.1 Å². The molecule has 1 aliphatic heterocycles. The lowest BCUT2D eigenvalue weighted by atomic mass is 10.0. The molecule has 1 saturated carbocycles. The van der Waals surface area contributed by atoms with Gasteiger partial charge < -0.3 is 20.6 Å². The highest BCUT2D eigenvalue weighted by molar-refractivity contribution is 5.77. The molecule has 6 nitrogen and oxygen atoms in total. The zero-order valence-corrected chi connectivity index (χ0v) is 9.82. The second-order valence-electron chi connectivity index (χ2n) is 4.67. The van der Waals surface area contributed by atoms with Gasteiger partial charge in [-0.25, -0.2) is 4.79 Å². The first-order valence-electron chi connectivity index (χ1n) is 6.17. The van der Waals surface area contributed by atoms with E-state index in [1.807, 2.05) is 0 Å². The number of hydrogen-bond donors (Lipinski definition) is 3. The smallest absolute Gasteiger partial charge is 0.317 e. The largest absolute Gasteiger partial charge is 0.481 e. The van der Waals surface area contributed by atoms with Crippen LogP contribution >= 0.6 is 0 Å². The molecule has 2 rings (SSSR count). The number of aliphatic carboxylic acids is 1. The van der Waals surface area contributed by atoms with Crippen molar-refractivity contribution in [2.24, 2.45) is 5.92 Å². The van der Waals surface area contributed by atoms with Gasteiger partial charge in [-0.05, 0) is 12.8 Å². The number of carboxylic acids is 1. The number of carbonyl (C=O) groups is 2. The molecule has 0 radical (unpaired) electrons. The summed E-state index contributed by atoms with van der Waals surface area (Å²) in [5.74, 6) is -1.21. The van der Waals surface area contributed by atoms with E-state index in [9.17, 15) is 9.59 Å². The fraction of sp³-hybridized carbons (Fsp3) is 0.818. The summed E-state index contributed by atoms with van der Waals surface area (Å²) in [5, 5.41) is 15.1. The van der Waals surface area contributed by atoms with Gasteiger partial charge in [-0.2, -0.15) is 0 Å². The Morgan fingerprint density at radius 1 is 1.24 bits per heavy atom. The number of rotatable bonds is 2. The Kier molecular flexibility index (Phi) is 3.83. The Morgan fingerprint density at radius 3 is 2.59 bits per heavy atom. The van der Waals surface area contributed by atoms with Gasteiger partial charge in [0, 0.05) is 32.2 Å². The monoisotopic (exact) mass is 241 g/mol. The van der Waals surface area contributed by atoms with Crippen LogP contribution in [0.15, 0.2) is 0 Å². The molecule has 2 amide bonds. The predicted molar refractivity (Wildman–Crippen MR) is 61.7 cm³/mol. The molecule has 0 aromatic heterocycles. The normalized spacial score (nSPS) is 29.1. The Bertz CT molecular complexity index is 302. The topological polar surface area (TPSA) is 81.7 Å². The van der Waals surface area contributed by atoms with Crippen LogP contribution < -0.4 is 10.6 Å². The predicted octanol–water partition coefficient (Wildman–Crippen LogP) is -0.145. The molecular formula is C11H19N3O3. The lowest BCUT2D eigenvalue weighted by Crippen LogP contribution is -2.53. The van der Waals surface area contributed by atoms with Crippen LogP contribution in [-0.2, 0) is 4.79 Å². The summed E-state index contributed by atoms with van der Waals surface area (Å²) < 4.78 is 0. The van der Waals surface area contributed by atoms with E-state index in [1.54, 1.807) is 4.90 Å². The number of urea groups is 1. The number of carbonyl (C=O) groups excluding carboxylic acids is 1. The lowest BCUT2D eigenvalue weighted by molar-refractivity contribution is -0.142. The second-order valence-corrected chi connectivity index (χ2v) is 4.67. The summed E-state index contributed by atoms with van der Waals surface area (Å²) in [7, 11) is 0. The first-order valence-corrected chi connectivity index (χ1v) is 6.17. The highest BCUT2D eigenvalue weighted by Crippen LogP contribution is 2.25. The standard InChI is InChI=1S/C11H19N3O3/c15-10(16)8-2-1-3-9(8)13-11(17)14-6-4-12-5-7-14/h8-9,12H,1-7H2,(H,13,17)(H,15,16). The quantitative estimate of drug-likeness (QED) is 0.628. The van der Waals surface area contributed by atoms with Gasteiger partial charge in [0.2, 0.25) is 0 Å². The van der Waals surface area contributed by atoms with Crippen molar-refractivity contribution in [1.29, 1.82) is 0 Å². The molecule has 3 N–H and O–H groups in total. The third kappa shape index (κ3) is 2.88. The minimum Gasteiger partial charge on any atom is -0.481 e. The van der Waals surface area contributed by atoms with Gasteiger partial charge in [-0.3, -0.25) is 4.79 Å². The maximum Gasteiger partial charge on any atom is 0.317 e. The Labute approximate surface area is 100 Å². The van der Waals surface area contributed by atoms with Gasteiger partial charge in [-0.1, -0.05) is 6.42 Å². The van der Waals surface area contributed by atoms with Crippen molar-refractivity contribution in [3.63, 3.8) is 0 Å². The fourth-order valence-electron chi connectivity index (χ4n) is 2.55. The zero-order valence-electron chi connectivity index (χ0n) is 9.82. The van der Waals surface area contributed by atoms with Crippen molar-refractivity contribution >= 4 is 12.0 Å². The molecule has 17 heavy (non-hydrogen) atoms. The zero-order chi connectivity index (χ0) is 12.3. The molecule has 0 aromatic rings. The molecule has 6 heteroatoms. The Morgan fingerprint density at radius 2 is 1.94 bits per heavy atom. The van der Waals surface area contributed by atoms with Gasteiger partial charge >= 0.3 is 12.0 Å². The van der Waals surface area contributed by atoms with Crippen LogP contribution in [0.3, 0.4) is 0 Å². The average Bonchev–Trinajstić information content (AvgIpc) is 2.78. The molecule has 0 aromatic carbocycles. The number of nitrogens with one attached hydrogen (secondary N) is 2. The summed E-state index contributed by atoms with van der Waals surface area (Å²) in [6, 6.07) is -0.320. The molecule has 1 heterocycles. The van der Waals surface area contributed by atoms with Gasteiger partial charge in [-0.15, -0.1) is 0 Å². The Hall–Kier alpha value is -1.30. The van der Waals surface area contributed by atoms with Crippen LogP contribution in [0.25, 0.3) is 0 Å². The molecule has 96 valence electrons. The third-order valence-electron chi connectivity index (χ3n) is 3.55. The van der Waals surface area contributed by atoms with Crippen molar-refractivity contribution < 1.29 is 14.7 Å². The van der Waals surface area contributed by atoms with Crippen molar-refractivity contribution in [3.05, 3.63) is 0 Å². The molecular weight excluding hydrogens is 222 g/mol. The maximum atomic E-state index is 11.9. The van der Waals surface area contributed by atoms with E-state index in [0.29, 0.717) is 19.5 Å². The van der Waals surface area contributed by atoms with Gasteiger partial charge in [0.25, 0.3) is 0 Å². The minimum atomic E-state index is -0.798. The first kappa shape index (κ1) is 12.2. The lowest BCUT2D eigenvalue weighted by Gasteiger charge is -2.29. The second kappa shape index (κ2) is 5.35. The molecule has 0 spiro atoms. The summed E-state index contributed by atoms with van der Waals surface area (Å²) >= 11 is 0. The highest BCUT2D eigenvalue weighted by atomic mass is 16.4. The van der Waals surface area contributed by atoms with Crippen LogP contribution in [0, 0.1) is 5.92 Å². The van der Waals surface area contributed by atoms with Crippen molar-refractivity contribution in [2.45, 2.75) is 25.3 Å². The molecule has 2 aliphatic rings. The van der Waals surface area contributed by atoms with Crippen LogP contribution in [0.2, 0.25) is 0 Å². The van der Waals surface area contributed by atoms with Gasteiger partial charge in [0.05, 0.1) is 5.92 Å². The van der Waals surface area contributed by atoms with Crippen LogP contribution in [0.5, 0.6) is 0 Å². The average molecular weight is 241 g/mol. The fourth-order valence-corrected chi connectivity index (χ4v) is 2.55. The van der Waals surface area contributed by atoms with Crippen LogP contribution in [0.1, 0.15) is 19.3 Å². The molecule has 1 aliphatic carbocycles. The third-order valence-corrected chi connectivity index (χ3v) is 3.55. The van der Waals surface area contributed by atoms with E-state index in [0.717, 1.165) is 25.9 Å². The van der Waals surface area contributed by atoms with Crippen molar-refractivity contribution in [1.82, 2.24) is 15.5 Å². The van der Waals surface area contributed by atoms with Crippen LogP contribution in [0.4, 0.5) is 4.79 Å². The number of nitrogens with zero attached hydrogens (tertiary/aromatic N) is 1. The molecule has 2 unspecified atom stereocenters. The van der Waals surface area contributed by atoms with E-state index < -0.39 is 11.9 Å². The SMILES string of the molecule is O=C(O)C1CCCC1NC(=O)N1CCNCC1.